The fraction of sp³-hybridized carbons (Fsp3) is 0.333. The number of carboxylic acids is 1. The second kappa shape index (κ2) is 11.7. The van der Waals surface area contributed by atoms with Gasteiger partial charge in [0.05, 0.1) is 23.6 Å². The zero-order valence-electron chi connectivity index (χ0n) is 19.8. The highest BCUT2D eigenvalue weighted by molar-refractivity contribution is 5.94. The Hall–Kier alpha value is -4.16. The third kappa shape index (κ3) is 7.66. The SMILES string of the molecule is CC(C)[C@@H](COc1nnc(-c2ccc(C(F)(F)F)cc2F)o1)Nc1ccc(C(=O)NCCC(=O)O)cc1. The van der Waals surface area contributed by atoms with Gasteiger partial charge in [0.15, 0.2) is 0 Å². The summed E-state index contributed by atoms with van der Waals surface area (Å²) in [5.41, 5.74) is -0.381. The van der Waals surface area contributed by atoms with Gasteiger partial charge >= 0.3 is 18.2 Å². The van der Waals surface area contributed by atoms with Crippen LogP contribution in [0.3, 0.4) is 0 Å². The van der Waals surface area contributed by atoms with E-state index in [1.165, 1.54) is 0 Å². The summed E-state index contributed by atoms with van der Waals surface area (Å²) >= 11 is 0. The van der Waals surface area contributed by atoms with Crippen molar-refractivity contribution in [3.8, 4) is 17.5 Å². The number of carboxylic acid groups (broad SMARTS) is 1. The number of anilines is 1. The van der Waals surface area contributed by atoms with Crippen molar-refractivity contribution in [3.05, 3.63) is 59.4 Å². The number of amides is 1. The second-order valence-electron chi connectivity index (χ2n) is 8.35. The maximum absolute atomic E-state index is 14.2. The van der Waals surface area contributed by atoms with E-state index in [0.717, 1.165) is 6.07 Å². The van der Waals surface area contributed by atoms with Crippen LogP contribution in [0.5, 0.6) is 6.08 Å². The van der Waals surface area contributed by atoms with Crippen LogP contribution in [-0.4, -0.2) is 46.4 Å². The molecular formula is C24H24F4N4O5. The van der Waals surface area contributed by atoms with Crippen LogP contribution in [0.1, 0.15) is 36.2 Å². The molecule has 1 aromatic heterocycles. The van der Waals surface area contributed by atoms with Gasteiger partial charge in [-0.2, -0.15) is 13.2 Å². The number of ether oxygens (including phenoxy) is 1. The largest absolute Gasteiger partial charge is 0.481 e. The lowest BCUT2D eigenvalue weighted by Gasteiger charge is -2.23. The molecule has 1 atom stereocenters. The van der Waals surface area contributed by atoms with Crippen molar-refractivity contribution in [3.63, 3.8) is 0 Å². The number of aromatic nitrogens is 2. The van der Waals surface area contributed by atoms with Gasteiger partial charge in [-0.05, 0) is 48.4 Å². The summed E-state index contributed by atoms with van der Waals surface area (Å²) in [5.74, 6) is -2.83. The maximum Gasteiger partial charge on any atom is 0.416 e. The van der Waals surface area contributed by atoms with Crippen molar-refractivity contribution in [2.75, 3.05) is 18.5 Å². The minimum Gasteiger partial charge on any atom is -0.481 e. The van der Waals surface area contributed by atoms with Gasteiger partial charge in [0, 0.05) is 17.8 Å². The van der Waals surface area contributed by atoms with E-state index in [-0.39, 0.29) is 49.1 Å². The lowest BCUT2D eigenvalue weighted by atomic mass is 10.0. The molecule has 0 saturated carbocycles. The molecule has 0 aliphatic carbocycles. The van der Waals surface area contributed by atoms with Crippen LogP contribution in [0.4, 0.5) is 23.2 Å². The molecule has 0 saturated heterocycles. The number of carbonyl (C=O) groups excluding carboxylic acids is 1. The molecule has 1 heterocycles. The summed E-state index contributed by atoms with van der Waals surface area (Å²) in [6.07, 6.45) is -5.15. The summed E-state index contributed by atoms with van der Waals surface area (Å²) in [6.45, 7) is 3.94. The lowest BCUT2D eigenvalue weighted by Crippen LogP contribution is -2.32. The van der Waals surface area contributed by atoms with Gasteiger partial charge in [-0.25, -0.2) is 4.39 Å². The van der Waals surface area contributed by atoms with E-state index < -0.39 is 29.4 Å². The molecule has 3 aromatic rings. The minimum atomic E-state index is -4.68. The van der Waals surface area contributed by atoms with Crippen LogP contribution in [0.25, 0.3) is 11.5 Å². The van der Waals surface area contributed by atoms with Crippen LogP contribution in [-0.2, 0) is 11.0 Å². The first-order chi connectivity index (χ1) is 17.4. The summed E-state index contributed by atoms with van der Waals surface area (Å²) < 4.78 is 63.2. The number of rotatable bonds is 11. The molecule has 0 bridgehead atoms. The Morgan fingerprint density at radius 2 is 1.81 bits per heavy atom. The number of nitrogens with zero attached hydrogens (tertiary/aromatic N) is 2. The summed E-state index contributed by atoms with van der Waals surface area (Å²) in [4.78, 5) is 22.6. The van der Waals surface area contributed by atoms with Crippen molar-refractivity contribution in [2.45, 2.75) is 32.5 Å². The topological polar surface area (TPSA) is 127 Å². The second-order valence-corrected chi connectivity index (χ2v) is 8.35. The molecule has 3 N–H and O–H groups in total. The average Bonchev–Trinajstić information content (AvgIpc) is 3.29. The van der Waals surface area contributed by atoms with E-state index in [9.17, 15) is 27.2 Å². The Balaban J connectivity index is 1.59. The molecule has 0 fully saturated rings. The number of aliphatic carboxylic acids is 1. The lowest BCUT2D eigenvalue weighted by molar-refractivity contribution is -0.138. The van der Waals surface area contributed by atoms with Crippen molar-refractivity contribution in [2.24, 2.45) is 5.92 Å². The third-order valence-electron chi connectivity index (χ3n) is 5.25. The molecule has 2 aromatic carbocycles. The Morgan fingerprint density at radius 1 is 1.11 bits per heavy atom. The number of alkyl halides is 3. The molecule has 0 unspecified atom stereocenters. The van der Waals surface area contributed by atoms with E-state index in [1.807, 2.05) is 13.8 Å². The standard InChI is InChI=1S/C24H24F4N4O5/c1-13(2)19(30-16-6-3-14(4-7-16)21(35)29-10-9-20(33)34)12-36-23-32-31-22(37-23)17-8-5-15(11-18(17)25)24(26,27)28/h3-8,11,13,19,30H,9-10,12H2,1-2H3,(H,29,35)(H,33,34)/t19-/m1/s1. The number of halogens is 4. The van der Waals surface area contributed by atoms with Gasteiger partial charge in [0.2, 0.25) is 0 Å². The predicted octanol–water partition coefficient (Wildman–Crippen LogP) is 4.61. The Bertz CT molecular complexity index is 1230. The van der Waals surface area contributed by atoms with Gasteiger partial charge in [-0.1, -0.05) is 18.9 Å². The monoisotopic (exact) mass is 524 g/mol. The fourth-order valence-corrected chi connectivity index (χ4v) is 3.12. The Kier molecular flexibility index (Phi) is 8.69. The van der Waals surface area contributed by atoms with Gasteiger partial charge in [-0.3, -0.25) is 9.59 Å². The highest BCUT2D eigenvalue weighted by atomic mass is 19.4. The van der Waals surface area contributed by atoms with Gasteiger partial charge in [-0.15, -0.1) is 5.10 Å². The Labute approximate surface area is 208 Å². The van der Waals surface area contributed by atoms with Crippen molar-refractivity contribution >= 4 is 17.6 Å². The number of carbonyl (C=O) groups is 2. The zero-order valence-corrected chi connectivity index (χ0v) is 19.8. The molecule has 3 rings (SSSR count). The molecule has 0 aliphatic rings. The predicted molar refractivity (Wildman–Crippen MR) is 123 cm³/mol. The van der Waals surface area contributed by atoms with Crippen LogP contribution >= 0.6 is 0 Å². The van der Waals surface area contributed by atoms with Crippen molar-refractivity contribution < 1.29 is 41.4 Å². The number of benzene rings is 2. The van der Waals surface area contributed by atoms with E-state index in [2.05, 4.69) is 20.8 Å². The fourth-order valence-electron chi connectivity index (χ4n) is 3.12. The molecule has 13 heteroatoms. The van der Waals surface area contributed by atoms with Gasteiger partial charge < -0.3 is 24.9 Å². The molecule has 1 amide bonds. The number of nitrogens with one attached hydrogen (secondary N) is 2. The molecule has 198 valence electrons. The summed E-state index contributed by atoms with van der Waals surface area (Å²) in [6, 6.07) is 8.24. The number of hydrogen-bond donors (Lipinski definition) is 3. The van der Waals surface area contributed by atoms with E-state index in [0.29, 0.717) is 23.4 Å². The molecule has 0 aliphatic heterocycles. The van der Waals surface area contributed by atoms with Crippen LogP contribution < -0.4 is 15.4 Å². The molecular weight excluding hydrogens is 500 g/mol. The third-order valence-corrected chi connectivity index (χ3v) is 5.25. The molecule has 37 heavy (non-hydrogen) atoms. The average molecular weight is 524 g/mol. The molecule has 0 radical (unpaired) electrons. The van der Waals surface area contributed by atoms with E-state index in [1.54, 1.807) is 24.3 Å². The first kappa shape index (κ1) is 27.4. The number of hydrogen-bond acceptors (Lipinski definition) is 7. The Morgan fingerprint density at radius 3 is 2.41 bits per heavy atom. The van der Waals surface area contributed by atoms with Crippen LogP contribution in [0.2, 0.25) is 0 Å². The quantitative estimate of drug-likeness (QED) is 0.311. The first-order valence-electron chi connectivity index (χ1n) is 11.1. The van der Waals surface area contributed by atoms with E-state index in [4.69, 9.17) is 14.3 Å². The van der Waals surface area contributed by atoms with Crippen LogP contribution in [0.15, 0.2) is 46.9 Å². The zero-order chi connectivity index (χ0) is 27.2. The normalized spacial score (nSPS) is 12.3. The van der Waals surface area contributed by atoms with Gasteiger partial charge in [0.25, 0.3) is 11.8 Å². The highest BCUT2D eigenvalue weighted by Crippen LogP contribution is 2.33. The van der Waals surface area contributed by atoms with Crippen molar-refractivity contribution in [1.29, 1.82) is 0 Å². The minimum absolute atomic E-state index is 0.0177. The molecule has 9 nitrogen and oxygen atoms in total. The van der Waals surface area contributed by atoms with Gasteiger partial charge in [0.1, 0.15) is 12.4 Å². The molecule has 0 spiro atoms. The first-order valence-corrected chi connectivity index (χ1v) is 11.1. The maximum atomic E-state index is 14.2. The highest BCUT2D eigenvalue weighted by Gasteiger charge is 2.31. The van der Waals surface area contributed by atoms with Crippen LogP contribution in [0, 0.1) is 11.7 Å². The summed E-state index contributed by atoms with van der Waals surface area (Å²) in [7, 11) is 0. The van der Waals surface area contributed by atoms with Crippen molar-refractivity contribution in [1.82, 2.24) is 15.5 Å². The van der Waals surface area contributed by atoms with E-state index >= 15 is 0 Å². The summed E-state index contributed by atoms with van der Waals surface area (Å²) in [5, 5.41) is 21.7. The smallest absolute Gasteiger partial charge is 0.416 e.